The molecule has 1 amide bonds. The Morgan fingerprint density at radius 3 is 2.32 bits per heavy atom. The van der Waals surface area contributed by atoms with Gasteiger partial charge in [-0.3, -0.25) is 9.69 Å². The van der Waals surface area contributed by atoms with E-state index in [-0.39, 0.29) is 51.4 Å². The van der Waals surface area contributed by atoms with Crippen molar-refractivity contribution in [3.63, 3.8) is 0 Å². The van der Waals surface area contributed by atoms with Crippen LogP contribution in [0.1, 0.15) is 119 Å². The molecule has 5 aliphatic carbocycles. The Hall–Kier alpha value is -1.48. The number of amides is 1. The normalized spacial score (nSPS) is 43.2. The molecule has 8 nitrogen and oxygen atoms in total. The Balaban J connectivity index is 1.29. The molecule has 6 aliphatic rings. The van der Waals surface area contributed by atoms with Gasteiger partial charge in [0, 0.05) is 19.6 Å². The number of nitrogens with one attached hydrogen (secondary N) is 1. The maximum absolute atomic E-state index is 14.7. The summed E-state index contributed by atoms with van der Waals surface area (Å²) in [5.74, 6) is 0.944. The van der Waals surface area contributed by atoms with Crippen molar-refractivity contribution in [2.45, 2.75) is 131 Å². The van der Waals surface area contributed by atoms with Crippen LogP contribution in [0.4, 0.5) is 0 Å². The summed E-state index contributed by atoms with van der Waals surface area (Å²) in [6.07, 6.45) is 10.2. The van der Waals surface area contributed by atoms with Crippen molar-refractivity contribution in [2.75, 3.05) is 46.1 Å². The Morgan fingerprint density at radius 1 is 0.920 bits per heavy atom. The molecule has 8 heteroatoms. The molecule has 0 bridgehead atoms. The van der Waals surface area contributed by atoms with Crippen LogP contribution in [0.15, 0.2) is 12.2 Å². The van der Waals surface area contributed by atoms with E-state index >= 15 is 0 Å². The van der Waals surface area contributed by atoms with E-state index in [1.54, 1.807) is 0 Å². The second kappa shape index (κ2) is 14.1. The summed E-state index contributed by atoms with van der Waals surface area (Å²) in [6.45, 7) is 26.6. The van der Waals surface area contributed by atoms with Gasteiger partial charge in [-0.2, -0.15) is 0 Å². The number of rotatable bonds is 11. The molecule has 0 radical (unpaired) electrons. The zero-order chi connectivity index (χ0) is 36.3. The highest BCUT2D eigenvalue weighted by Gasteiger charge is 2.72. The van der Waals surface area contributed by atoms with Gasteiger partial charge in [0.1, 0.15) is 6.04 Å². The van der Waals surface area contributed by atoms with Gasteiger partial charge >= 0.3 is 5.97 Å². The second-order valence-corrected chi connectivity index (χ2v) is 19.5. The lowest BCUT2D eigenvalue weighted by atomic mass is 9.32. The number of morpholine rings is 1. The third-order valence-electron chi connectivity index (χ3n) is 16.6. The van der Waals surface area contributed by atoms with Crippen molar-refractivity contribution < 1.29 is 29.3 Å². The number of fused-ring (bicyclic) bond motifs is 7. The fraction of sp³-hybridized carbons (Fsp3) is 0.905. The first-order chi connectivity index (χ1) is 23.5. The molecule has 1 saturated heterocycles. The van der Waals surface area contributed by atoms with Gasteiger partial charge in [0.25, 0.3) is 0 Å². The lowest BCUT2D eigenvalue weighted by molar-refractivity contribution is -0.246. The van der Waals surface area contributed by atoms with E-state index in [0.717, 1.165) is 96.2 Å². The minimum Gasteiger partial charge on any atom is -0.480 e. The number of aliphatic hydroxyl groups is 1. The first-order valence-corrected chi connectivity index (χ1v) is 20.3. The molecule has 6 fully saturated rings. The fourth-order valence-electron chi connectivity index (χ4n) is 13.8. The molecule has 1 unspecified atom stereocenters. The van der Waals surface area contributed by atoms with Crippen LogP contribution in [0.5, 0.6) is 0 Å². The maximum Gasteiger partial charge on any atom is 0.326 e. The van der Waals surface area contributed by atoms with E-state index in [4.69, 9.17) is 9.47 Å². The van der Waals surface area contributed by atoms with E-state index < -0.39 is 17.4 Å². The third kappa shape index (κ3) is 6.22. The number of carbonyl (C=O) groups is 2. The quantitative estimate of drug-likeness (QED) is 0.158. The fourth-order valence-corrected chi connectivity index (χ4v) is 13.8. The molecule has 0 aromatic carbocycles. The molecule has 1 heterocycles. The highest BCUT2D eigenvalue weighted by atomic mass is 16.5. The number of hydrogen-bond donors (Lipinski definition) is 3. The predicted molar refractivity (Wildman–Crippen MR) is 196 cm³/mol. The number of hydrogen-bond acceptors (Lipinski definition) is 6. The van der Waals surface area contributed by atoms with Crippen molar-refractivity contribution in [1.29, 1.82) is 0 Å². The van der Waals surface area contributed by atoms with Crippen LogP contribution in [0.3, 0.4) is 0 Å². The van der Waals surface area contributed by atoms with E-state index in [1.807, 2.05) is 13.8 Å². The summed E-state index contributed by atoms with van der Waals surface area (Å²) in [6, 6.07) is -0.870. The number of aliphatic hydroxyl groups excluding tert-OH is 1. The highest BCUT2D eigenvalue weighted by Crippen LogP contribution is 2.77. The van der Waals surface area contributed by atoms with E-state index in [1.165, 1.54) is 6.42 Å². The summed E-state index contributed by atoms with van der Waals surface area (Å²) < 4.78 is 11.8. The lowest BCUT2D eigenvalue weighted by Crippen LogP contribution is -2.67. The molecular formula is C42H70N2O6. The molecule has 0 aromatic rings. The standard InChI is InChI=1S/C42H70N2O6/c1-27(2)25-31(36(46)47)43-37(48)42-16-11-29(28(3)26-50-24-21-44-19-22-49-23-20-44)35(42)30-9-10-33-39(6)14-13-34(45)38(4,5)32(39)12-15-41(33,8)40(30,7)17-18-42/h27,29-35,45H,3,9-26H2,1-2,4-8H3,(H,43,48)(H,46,47)/t29-,30+,31-,32-,33?,34-,35+,39-,40+,41+,42-/m0/s1. The van der Waals surface area contributed by atoms with Crippen LogP contribution in [-0.2, 0) is 19.1 Å². The molecule has 0 aromatic heterocycles. The Kier molecular flexibility index (Phi) is 10.8. The second-order valence-electron chi connectivity index (χ2n) is 19.5. The van der Waals surface area contributed by atoms with Crippen LogP contribution in [0, 0.1) is 62.6 Å². The topological polar surface area (TPSA) is 108 Å². The summed E-state index contributed by atoms with van der Waals surface area (Å²) in [7, 11) is 0. The third-order valence-corrected chi connectivity index (χ3v) is 16.6. The van der Waals surface area contributed by atoms with Crippen LogP contribution in [-0.4, -0.2) is 85.2 Å². The lowest BCUT2D eigenvalue weighted by Gasteiger charge is -2.72. The van der Waals surface area contributed by atoms with Gasteiger partial charge in [0.05, 0.1) is 37.9 Å². The van der Waals surface area contributed by atoms with Gasteiger partial charge in [0.2, 0.25) is 5.91 Å². The summed E-state index contributed by atoms with van der Waals surface area (Å²) in [5, 5.41) is 24.4. The monoisotopic (exact) mass is 699 g/mol. The first-order valence-electron chi connectivity index (χ1n) is 20.3. The van der Waals surface area contributed by atoms with Crippen LogP contribution in [0.25, 0.3) is 0 Å². The Bertz CT molecular complexity index is 1280. The van der Waals surface area contributed by atoms with E-state index in [0.29, 0.717) is 37.4 Å². The first kappa shape index (κ1) is 38.3. The largest absolute Gasteiger partial charge is 0.480 e. The number of nitrogens with zero attached hydrogens (tertiary/aromatic N) is 1. The molecule has 11 atom stereocenters. The molecule has 0 spiro atoms. The molecule has 284 valence electrons. The van der Waals surface area contributed by atoms with E-state index in [2.05, 4.69) is 51.4 Å². The Morgan fingerprint density at radius 2 is 1.64 bits per heavy atom. The smallest absolute Gasteiger partial charge is 0.326 e. The molecule has 50 heavy (non-hydrogen) atoms. The van der Waals surface area contributed by atoms with Gasteiger partial charge in [-0.1, -0.05) is 55.0 Å². The SMILES string of the molecule is C=C(COCCN1CCOCC1)[C@@H]1CC[C@]2(C(=O)N[C@@H](CC(C)C)C(=O)O)CC[C@]3(C)[C@H](CCC4[C@@]5(C)CC[C@H](O)C(C)(C)[C@@H]5CC[C@]43C)[C@@H]12. The van der Waals surface area contributed by atoms with Crippen molar-refractivity contribution in [3.8, 4) is 0 Å². The number of carboxylic acid groups (broad SMARTS) is 1. The van der Waals surface area contributed by atoms with Gasteiger partial charge in [0.15, 0.2) is 0 Å². The van der Waals surface area contributed by atoms with Gasteiger partial charge < -0.3 is 25.0 Å². The van der Waals surface area contributed by atoms with Crippen molar-refractivity contribution in [2.24, 2.45) is 62.6 Å². The zero-order valence-electron chi connectivity index (χ0n) is 32.5. The summed E-state index contributed by atoms with van der Waals surface area (Å²) in [5.41, 5.74) is 0.818. The summed E-state index contributed by atoms with van der Waals surface area (Å²) >= 11 is 0. The zero-order valence-corrected chi connectivity index (χ0v) is 32.5. The van der Waals surface area contributed by atoms with Crippen molar-refractivity contribution in [3.05, 3.63) is 12.2 Å². The van der Waals surface area contributed by atoms with Crippen molar-refractivity contribution >= 4 is 11.9 Å². The number of carboxylic acids is 1. The van der Waals surface area contributed by atoms with Crippen LogP contribution in [0.2, 0.25) is 0 Å². The maximum atomic E-state index is 14.7. The predicted octanol–water partition coefficient (Wildman–Crippen LogP) is 6.95. The van der Waals surface area contributed by atoms with Gasteiger partial charge in [-0.05, 0) is 133 Å². The molecule has 6 rings (SSSR count). The molecule has 1 aliphatic heterocycles. The number of aliphatic carboxylic acids is 1. The average molecular weight is 699 g/mol. The molecule has 5 saturated carbocycles. The van der Waals surface area contributed by atoms with Crippen LogP contribution < -0.4 is 5.32 Å². The number of ether oxygens (including phenoxy) is 2. The Labute approximate surface area is 302 Å². The van der Waals surface area contributed by atoms with Gasteiger partial charge in [-0.15, -0.1) is 0 Å². The minimum absolute atomic E-state index is 0.0351. The van der Waals surface area contributed by atoms with E-state index in [9.17, 15) is 19.8 Å². The summed E-state index contributed by atoms with van der Waals surface area (Å²) in [4.78, 5) is 29.5. The number of carbonyl (C=O) groups excluding carboxylic acids is 1. The molecular weight excluding hydrogens is 628 g/mol. The highest BCUT2D eigenvalue weighted by molar-refractivity contribution is 5.88. The average Bonchev–Trinajstić information content (AvgIpc) is 3.46. The minimum atomic E-state index is -0.938. The van der Waals surface area contributed by atoms with Crippen LogP contribution >= 0.6 is 0 Å². The van der Waals surface area contributed by atoms with Crippen molar-refractivity contribution in [1.82, 2.24) is 10.2 Å². The molecule has 3 N–H and O–H groups in total. The van der Waals surface area contributed by atoms with Gasteiger partial charge in [-0.25, -0.2) is 4.79 Å².